The highest BCUT2D eigenvalue weighted by molar-refractivity contribution is 8.93. The lowest BCUT2D eigenvalue weighted by Gasteiger charge is -2.04. The Bertz CT molecular complexity index is 77.8. The predicted octanol–water partition coefficient (Wildman–Crippen LogP) is 1.68. The SMILES string of the molecule is CC(C)C1(O)SS1. The topological polar surface area (TPSA) is 20.2 Å². The minimum atomic E-state index is -0.417. The number of hydrogen-bond acceptors (Lipinski definition) is 3. The summed E-state index contributed by atoms with van der Waals surface area (Å²) in [6, 6.07) is 0. The van der Waals surface area contributed by atoms with Crippen LogP contribution >= 0.6 is 21.6 Å². The van der Waals surface area contributed by atoms with Crippen LogP contribution in [0.15, 0.2) is 0 Å². The van der Waals surface area contributed by atoms with Crippen molar-refractivity contribution in [3.05, 3.63) is 0 Å². The molecule has 0 unspecified atom stereocenters. The molecule has 0 atom stereocenters. The summed E-state index contributed by atoms with van der Waals surface area (Å²) >= 11 is 0. The summed E-state index contributed by atoms with van der Waals surface area (Å²) in [7, 11) is 3.10. The van der Waals surface area contributed by atoms with Crippen molar-refractivity contribution in [1.82, 2.24) is 0 Å². The molecule has 1 saturated heterocycles. The van der Waals surface area contributed by atoms with E-state index in [1.807, 2.05) is 13.8 Å². The van der Waals surface area contributed by atoms with Crippen molar-refractivity contribution in [2.24, 2.45) is 5.92 Å². The molecule has 0 aromatic rings. The van der Waals surface area contributed by atoms with E-state index >= 15 is 0 Å². The Morgan fingerprint density at radius 2 is 1.86 bits per heavy atom. The molecule has 7 heavy (non-hydrogen) atoms. The summed E-state index contributed by atoms with van der Waals surface area (Å²) in [6.45, 7) is 4.04. The average molecular weight is 136 g/mol. The molecule has 0 spiro atoms. The smallest absolute Gasteiger partial charge is 0.179 e. The van der Waals surface area contributed by atoms with Crippen molar-refractivity contribution < 1.29 is 5.11 Å². The maximum Gasteiger partial charge on any atom is 0.179 e. The molecule has 3 heteroatoms. The molecular weight excluding hydrogens is 128 g/mol. The Balaban J connectivity index is 2.39. The molecule has 0 amide bonds. The van der Waals surface area contributed by atoms with Gasteiger partial charge in [0.05, 0.1) is 0 Å². The molecule has 0 bridgehead atoms. The average Bonchev–Trinajstić information content (AvgIpc) is 2.21. The van der Waals surface area contributed by atoms with Crippen LogP contribution in [0.4, 0.5) is 0 Å². The van der Waals surface area contributed by atoms with E-state index in [9.17, 15) is 0 Å². The third-order valence-corrected chi connectivity index (χ3v) is 3.96. The summed E-state index contributed by atoms with van der Waals surface area (Å²) in [5, 5.41) is 9.13. The second-order valence-corrected chi connectivity index (χ2v) is 4.79. The fourth-order valence-corrected chi connectivity index (χ4v) is 2.12. The molecule has 1 fully saturated rings. The number of aliphatic hydroxyl groups is 1. The first kappa shape index (κ1) is 5.79. The van der Waals surface area contributed by atoms with Gasteiger partial charge in [0.2, 0.25) is 0 Å². The van der Waals surface area contributed by atoms with Crippen LogP contribution in [0.2, 0.25) is 0 Å². The molecule has 1 heterocycles. The van der Waals surface area contributed by atoms with E-state index in [2.05, 4.69) is 0 Å². The van der Waals surface area contributed by atoms with Gasteiger partial charge in [0, 0.05) is 5.92 Å². The summed E-state index contributed by atoms with van der Waals surface area (Å²) in [5.74, 6) is 0.391. The summed E-state index contributed by atoms with van der Waals surface area (Å²) < 4.78 is -0.417. The maximum absolute atomic E-state index is 9.13. The van der Waals surface area contributed by atoms with Crippen molar-refractivity contribution in [3.63, 3.8) is 0 Å². The molecule has 1 N–H and O–H groups in total. The lowest BCUT2D eigenvalue weighted by molar-refractivity contribution is 0.191. The minimum Gasteiger partial charge on any atom is -0.369 e. The molecule has 1 rings (SSSR count). The van der Waals surface area contributed by atoms with E-state index in [1.165, 1.54) is 0 Å². The van der Waals surface area contributed by atoms with Crippen molar-refractivity contribution in [1.29, 1.82) is 0 Å². The summed E-state index contributed by atoms with van der Waals surface area (Å²) in [4.78, 5) is 0. The van der Waals surface area contributed by atoms with E-state index in [0.29, 0.717) is 5.92 Å². The second kappa shape index (κ2) is 1.57. The van der Waals surface area contributed by atoms with Gasteiger partial charge in [-0.2, -0.15) is 0 Å². The lowest BCUT2D eigenvalue weighted by Crippen LogP contribution is -2.11. The third kappa shape index (κ3) is 1.06. The van der Waals surface area contributed by atoms with E-state index in [-0.39, 0.29) is 0 Å². The van der Waals surface area contributed by atoms with E-state index in [1.54, 1.807) is 21.6 Å². The highest BCUT2D eigenvalue weighted by Crippen LogP contribution is 2.66. The highest BCUT2D eigenvalue weighted by atomic mass is 33.2. The Labute approximate surface area is 51.3 Å². The van der Waals surface area contributed by atoms with Crippen LogP contribution in [-0.2, 0) is 0 Å². The molecular formula is C4H8OS2. The standard InChI is InChI=1S/C4H8OS2/c1-3(2)4(5)6-7-4/h3,5H,1-2H3. The van der Waals surface area contributed by atoms with Gasteiger partial charge in [-0.25, -0.2) is 0 Å². The molecule has 42 valence electrons. The number of rotatable bonds is 1. The van der Waals surface area contributed by atoms with Gasteiger partial charge in [0.15, 0.2) is 4.27 Å². The van der Waals surface area contributed by atoms with Gasteiger partial charge in [0.1, 0.15) is 0 Å². The number of hydrogen-bond donors (Lipinski definition) is 1. The largest absolute Gasteiger partial charge is 0.369 e. The van der Waals surface area contributed by atoms with Crippen molar-refractivity contribution >= 4 is 21.6 Å². The Morgan fingerprint density at radius 1 is 1.43 bits per heavy atom. The van der Waals surface area contributed by atoms with Crippen molar-refractivity contribution in [2.75, 3.05) is 0 Å². The molecule has 0 aliphatic carbocycles. The fourth-order valence-electron chi connectivity index (χ4n) is 0.235. The van der Waals surface area contributed by atoms with Gasteiger partial charge < -0.3 is 5.11 Å². The van der Waals surface area contributed by atoms with Gasteiger partial charge in [-0.15, -0.1) is 0 Å². The van der Waals surface area contributed by atoms with E-state index in [4.69, 9.17) is 5.11 Å². The Kier molecular flexibility index (Phi) is 1.30. The molecule has 1 aliphatic rings. The van der Waals surface area contributed by atoms with Crippen LogP contribution in [0.5, 0.6) is 0 Å². The summed E-state index contributed by atoms with van der Waals surface area (Å²) in [5.41, 5.74) is 0. The van der Waals surface area contributed by atoms with Crippen molar-refractivity contribution in [3.8, 4) is 0 Å². The molecule has 0 radical (unpaired) electrons. The molecule has 0 aromatic carbocycles. The second-order valence-electron chi connectivity index (χ2n) is 1.95. The molecule has 1 aliphatic heterocycles. The normalized spacial score (nSPS) is 25.7. The third-order valence-electron chi connectivity index (χ3n) is 0.984. The fraction of sp³-hybridized carbons (Fsp3) is 1.00. The first-order valence-corrected chi connectivity index (χ1v) is 4.39. The zero-order valence-corrected chi connectivity index (χ0v) is 5.97. The van der Waals surface area contributed by atoms with Crippen LogP contribution in [0, 0.1) is 5.92 Å². The Hall–Kier alpha value is 0.660. The van der Waals surface area contributed by atoms with Crippen molar-refractivity contribution in [2.45, 2.75) is 18.1 Å². The first-order valence-electron chi connectivity index (χ1n) is 2.24. The molecule has 1 nitrogen and oxygen atoms in total. The van der Waals surface area contributed by atoms with E-state index in [0.717, 1.165) is 0 Å². The van der Waals surface area contributed by atoms with Gasteiger partial charge in [-0.1, -0.05) is 13.8 Å². The zero-order chi connectivity index (χ0) is 5.49. The summed E-state index contributed by atoms with van der Waals surface area (Å²) in [6.07, 6.45) is 0. The van der Waals surface area contributed by atoms with Gasteiger partial charge in [-0.05, 0) is 21.6 Å². The predicted molar refractivity (Wildman–Crippen MR) is 35.0 cm³/mol. The maximum atomic E-state index is 9.13. The van der Waals surface area contributed by atoms with Gasteiger partial charge in [-0.3, -0.25) is 0 Å². The first-order chi connectivity index (χ1) is 3.15. The van der Waals surface area contributed by atoms with Crippen LogP contribution in [-0.4, -0.2) is 9.37 Å². The van der Waals surface area contributed by atoms with E-state index < -0.39 is 4.27 Å². The van der Waals surface area contributed by atoms with Crippen LogP contribution in [0.1, 0.15) is 13.8 Å². The molecule has 0 saturated carbocycles. The van der Waals surface area contributed by atoms with Crippen LogP contribution in [0.25, 0.3) is 0 Å². The highest BCUT2D eigenvalue weighted by Gasteiger charge is 2.46. The van der Waals surface area contributed by atoms with Crippen LogP contribution in [0.3, 0.4) is 0 Å². The zero-order valence-electron chi connectivity index (χ0n) is 4.34. The molecule has 0 aromatic heterocycles. The van der Waals surface area contributed by atoms with Gasteiger partial charge >= 0.3 is 0 Å². The van der Waals surface area contributed by atoms with Crippen LogP contribution < -0.4 is 0 Å². The lowest BCUT2D eigenvalue weighted by atomic mass is 10.2. The monoisotopic (exact) mass is 136 g/mol. The minimum absolute atomic E-state index is 0.391. The van der Waals surface area contributed by atoms with Gasteiger partial charge in [0.25, 0.3) is 0 Å². The Morgan fingerprint density at radius 3 is 1.86 bits per heavy atom. The quantitative estimate of drug-likeness (QED) is 0.437.